The number of carboxylic acid groups (broad SMARTS) is 1. The number of amides is 1. The van der Waals surface area contributed by atoms with E-state index in [-0.39, 0.29) is 12.3 Å². The molecule has 16 heavy (non-hydrogen) atoms. The van der Waals surface area contributed by atoms with Crippen molar-refractivity contribution in [2.75, 3.05) is 5.01 Å². The highest BCUT2D eigenvalue weighted by Gasteiger charge is 2.45. The fourth-order valence-electron chi connectivity index (χ4n) is 1.64. The molecule has 1 aromatic rings. The van der Waals surface area contributed by atoms with E-state index in [9.17, 15) is 9.59 Å². The fraction of sp³-hybridized carbons (Fsp3) is 0.273. The van der Waals surface area contributed by atoms with Gasteiger partial charge in [-0.3, -0.25) is 9.59 Å². The van der Waals surface area contributed by atoms with Crippen molar-refractivity contribution < 1.29 is 14.7 Å². The van der Waals surface area contributed by atoms with Crippen LogP contribution in [0.5, 0.6) is 0 Å². The van der Waals surface area contributed by atoms with Gasteiger partial charge in [-0.2, -0.15) is 0 Å². The van der Waals surface area contributed by atoms with Crippen molar-refractivity contribution in [3.8, 4) is 0 Å². The van der Waals surface area contributed by atoms with E-state index in [1.807, 2.05) is 6.07 Å². The highest BCUT2D eigenvalue weighted by atomic mass is 16.4. The monoisotopic (exact) mass is 220 g/mol. The number of para-hydroxylation sites is 1. The molecule has 2 rings (SSSR count). The number of carbonyl (C=O) groups is 2. The van der Waals surface area contributed by atoms with E-state index >= 15 is 0 Å². The van der Waals surface area contributed by atoms with Crippen molar-refractivity contribution in [3.63, 3.8) is 0 Å². The van der Waals surface area contributed by atoms with Crippen LogP contribution in [-0.2, 0) is 9.59 Å². The van der Waals surface area contributed by atoms with Crippen molar-refractivity contribution in [1.29, 1.82) is 0 Å². The van der Waals surface area contributed by atoms with Gasteiger partial charge in [-0.25, -0.2) is 10.4 Å². The molecule has 1 heterocycles. The minimum Gasteiger partial charge on any atom is -0.480 e. The van der Waals surface area contributed by atoms with Gasteiger partial charge in [0.25, 0.3) is 0 Å². The molecule has 0 saturated carbocycles. The third kappa shape index (κ3) is 1.65. The number of rotatable bonds is 2. The van der Waals surface area contributed by atoms with Crippen molar-refractivity contribution in [1.82, 2.24) is 5.43 Å². The summed E-state index contributed by atoms with van der Waals surface area (Å²) >= 11 is 0. The maximum absolute atomic E-state index is 11.7. The molecule has 1 aliphatic heterocycles. The van der Waals surface area contributed by atoms with Crippen molar-refractivity contribution >= 4 is 17.6 Å². The van der Waals surface area contributed by atoms with E-state index in [4.69, 9.17) is 5.11 Å². The molecule has 1 amide bonds. The van der Waals surface area contributed by atoms with Gasteiger partial charge in [0.05, 0.1) is 12.1 Å². The zero-order valence-electron chi connectivity index (χ0n) is 8.80. The standard InChI is InChI=1S/C11H12N2O3/c1-11(10(15)16)7-9(14)13(12-11)8-5-3-2-4-6-8/h2-6,12H,7H2,1H3,(H,15,16). The van der Waals surface area contributed by atoms with Gasteiger partial charge in [0.2, 0.25) is 5.91 Å². The number of anilines is 1. The first-order chi connectivity index (χ1) is 7.53. The molecule has 5 heteroatoms. The summed E-state index contributed by atoms with van der Waals surface area (Å²) in [6.07, 6.45) is -0.0444. The number of benzene rings is 1. The van der Waals surface area contributed by atoms with Crippen LogP contribution in [0.4, 0.5) is 5.69 Å². The Morgan fingerprint density at radius 1 is 1.44 bits per heavy atom. The average molecular weight is 220 g/mol. The van der Waals surface area contributed by atoms with Gasteiger partial charge in [0.15, 0.2) is 0 Å². The summed E-state index contributed by atoms with van der Waals surface area (Å²) in [5.41, 5.74) is 2.15. The Labute approximate surface area is 92.6 Å². The normalized spacial score (nSPS) is 24.8. The number of hydrogen-bond donors (Lipinski definition) is 2. The van der Waals surface area contributed by atoms with Gasteiger partial charge in [0, 0.05) is 0 Å². The van der Waals surface area contributed by atoms with E-state index in [2.05, 4.69) is 5.43 Å². The van der Waals surface area contributed by atoms with Crippen LogP contribution >= 0.6 is 0 Å². The van der Waals surface area contributed by atoms with E-state index in [0.29, 0.717) is 5.69 Å². The average Bonchev–Trinajstić information content (AvgIpc) is 2.57. The Morgan fingerprint density at radius 2 is 2.06 bits per heavy atom. The van der Waals surface area contributed by atoms with Gasteiger partial charge >= 0.3 is 5.97 Å². The lowest BCUT2D eigenvalue weighted by atomic mass is 10.0. The molecule has 0 aromatic heterocycles. The van der Waals surface area contributed by atoms with Crippen LogP contribution in [-0.4, -0.2) is 22.5 Å². The smallest absolute Gasteiger partial charge is 0.325 e. The Hall–Kier alpha value is -1.88. The number of nitrogens with zero attached hydrogens (tertiary/aromatic N) is 1. The third-order valence-electron chi connectivity index (χ3n) is 2.60. The van der Waals surface area contributed by atoms with Crippen LogP contribution in [0, 0.1) is 0 Å². The zero-order valence-corrected chi connectivity index (χ0v) is 8.80. The van der Waals surface area contributed by atoms with Gasteiger partial charge in [-0.15, -0.1) is 0 Å². The predicted octanol–water partition coefficient (Wildman–Crippen LogP) is 0.771. The van der Waals surface area contributed by atoms with Crippen molar-refractivity contribution in [3.05, 3.63) is 30.3 Å². The lowest BCUT2D eigenvalue weighted by Gasteiger charge is -2.21. The molecule has 2 N–H and O–H groups in total. The summed E-state index contributed by atoms with van der Waals surface area (Å²) in [5.74, 6) is -1.27. The molecular formula is C11H12N2O3. The van der Waals surface area contributed by atoms with Gasteiger partial charge in [-0.05, 0) is 19.1 Å². The molecular weight excluding hydrogens is 208 g/mol. The summed E-state index contributed by atoms with van der Waals surface area (Å²) < 4.78 is 0. The summed E-state index contributed by atoms with van der Waals surface area (Å²) in [6.45, 7) is 1.50. The highest BCUT2D eigenvalue weighted by Crippen LogP contribution is 2.24. The SMILES string of the molecule is CC1(C(=O)O)CC(=O)N(c2ccccc2)N1. The fourth-order valence-corrected chi connectivity index (χ4v) is 1.64. The number of hydrogen-bond acceptors (Lipinski definition) is 3. The minimum atomic E-state index is -1.22. The van der Waals surface area contributed by atoms with E-state index < -0.39 is 11.5 Å². The third-order valence-corrected chi connectivity index (χ3v) is 2.60. The van der Waals surface area contributed by atoms with Crippen molar-refractivity contribution in [2.24, 2.45) is 0 Å². The quantitative estimate of drug-likeness (QED) is 0.772. The maximum Gasteiger partial charge on any atom is 0.325 e. The Balaban J connectivity index is 2.27. The van der Waals surface area contributed by atoms with E-state index in [1.54, 1.807) is 24.3 Å². The number of aliphatic carboxylic acids is 1. The summed E-state index contributed by atoms with van der Waals surface area (Å²) in [5, 5.41) is 10.3. The molecule has 1 unspecified atom stereocenters. The minimum absolute atomic E-state index is 0.0444. The summed E-state index contributed by atoms with van der Waals surface area (Å²) in [4.78, 5) is 22.7. The Kier molecular flexibility index (Phi) is 2.40. The van der Waals surface area contributed by atoms with Gasteiger partial charge in [0.1, 0.15) is 5.54 Å². The first kappa shape index (κ1) is 10.6. The van der Waals surface area contributed by atoms with Gasteiger partial charge < -0.3 is 5.11 Å². The Morgan fingerprint density at radius 3 is 2.56 bits per heavy atom. The topological polar surface area (TPSA) is 69.6 Å². The molecule has 5 nitrogen and oxygen atoms in total. The first-order valence-electron chi connectivity index (χ1n) is 4.92. The molecule has 1 fully saturated rings. The second-order valence-corrected chi connectivity index (χ2v) is 3.99. The highest BCUT2D eigenvalue weighted by molar-refractivity contribution is 6.00. The number of carboxylic acids is 1. The number of hydrazine groups is 1. The second kappa shape index (κ2) is 3.61. The van der Waals surface area contributed by atoms with E-state index in [0.717, 1.165) is 0 Å². The lowest BCUT2D eigenvalue weighted by molar-refractivity contribution is -0.144. The number of nitrogens with one attached hydrogen (secondary N) is 1. The van der Waals surface area contributed by atoms with Crippen LogP contribution < -0.4 is 10.4 Å². The molecule has 1 aromatic carbocycles. The van der Waals surface area contributed by atoms with Crippen LogP contribution in [0.25, 0.3) is 0 Å². The molecule has 0 spiro atoms. The molecule has 84 valence electrons. The van der Waals surface area contributed by atoms with E-state index in [1.165, 1.54) is 11.9 Å². The maximum atomic E-state index is 11.7. The van der Waals surface area contributed by atoms with Crippen molar-refractivity contribution in [2.45, 2.75) is 18.9 Å². The van der Waals surface area contributed by atoms with Crippen LogP contribution in [0.1, 0.15) is 13.3 Å². The van der Waals surface area contributed by atoms with Crippen LogP contribution in [0.3, 0.4) is 0 Å². The summed E-state index contributed by atoms with van der Waals surface area (Å²) in [7, 11) is 0. The molecule has 0 radical (unpaired) electrons. The van der Waals surface area contributed by atoms with Crippen LogP contribution in [0.15, 0.2) is 30.3 Å². The lowest BCUT2D eigenvalue weighted by Crippen LogP contribution is -2.49. The zero-order chi connectivity index (χ0) is 11.8. The molecule has 1 atom stereocenters. The molecule has 1 aliphatic rings. The number of carbonyl (C=O) groups excluding carboxylic acids is 1. The Bertz CT molecular complexity index is 432. The molecule has 1 saturated heterocycles. The van der Waals surface area contributed by atoms with Gasteiger partial charge in [-0.1, -0.05) is 18.2 Å². The first-order valence-corrected chi connectivity index (χ1v) is 4.92. The molecule has 0 bridgehead atoms. The summed E-state index contributed by atoms with van der Waals surface area (Å²) in [6, 6.07) is 8.92. The largest absolute Gasteiger partial charge is 0.480 e. The van der Waals surface area contributed by atoms with Crippen LogP contribution in [0.2, 0.25) is 0 Å². The molecule has 0 aliphatic carbocycles. The predicted molar refractivity (Wildman–Crippen MR) is 57.7 cm³/mol. The second-order valence-electron chi connectivity index (χ2n) is 3.99.